The minimum Gasteiger partial charge on any atom is -0.383 e. The van der Waals surface area contributed by atoms with Gasteiger partial charge >= 0.3 is 0 Å². The third-order valence-corrected chi connectivity index (χ3v) is 3.34. The molecule has 1 aromatic carbocycles. The van der Waals surface area contributed by atoms with Gasteiger partial charge in [0.05, 0.1) is 13.2 Å². The van der Waals surface area contributed by atoms with Gasteiger partial charge in [-0.2, -0.15) is 0 Å². The van der Waals surface area contributed by atoms with E-state index >= 15 is 0 Å². The summed E-state index contributed by atoms with van der Waals surface area (Å²) < 4.78 is 5.01. The molecule has 118 valence electrons. The largest absolute Gasteiger partial charge is 0.383 e. The van der Waals surface area contributed by atoms with Crippen molar-refractivity contribution in [3.8, 4) is 0 Å². The zero-order chi connectivity index (χ0) is 15.7. The van der Waals surface area contributed by atoms with E-state index in [-0.39, 0.29) is 12.5 Å². The number of likely N-dealkylation sites (N-methyl/N-ethyl adjacent to an activating group) is 1. The molecule has 0 spiro atoms. The van der Waals surface area contributed by atoms with E-state index in [2.05, 4.69) is 15.5 Å². The predicted octanol–water partition coefficient (Wildman–Crippen LogP) is 1.75. The Morgan fingerprint density at radius 1 is 1.38 bits per heavy atom. The standard InChI is InChI=1S/C15H24ClN3O2/c1-12-4-5-13(16)10-14(12)18-15(20)11-17-6-7-19(2)8-9-21-3/h4-5,10,17H,6-9,11H2,1-3H3,(H,18,20). The van der Waals surface area contributed by atoms with Crippen LogP contribution >= 0.6 is 11.6 Å². The molecule has 0 aliphatic carbocycles. The third kappa shape index (κ3) is 7.43. The van der Waals surface area contributed by atoms with Gasteiger partial charge in [-0.05, 0) is 31.7 Å². The van der Waals surface area contributed by atoms with Crippen molar-refractivity contribution in [2.75, 3.05) is 52.3 Å². The summed E-state index contributed by atoms with van der Waals surface area (Å²) in [5.74, 6) is -0.0695. The summed E-state index contributed by atoms with van der Waals surface area (Å²) >= 11 is 5.92. The molecule has 0 aromatic heterocycles. The summed E-state index contributed by atoms with van der Waals surface area (Å²) in [6.45, 7) is 5.43. The molecular formula is C15H24ClN3O2. The van der Waals surface area contributed by atoms with E-state index in [0.717, 1.165) is 30.9 Å². The van der Waals surface area contributed by atoms with Crippen molar-refractivity contribution in [2.45, 2.75) is 6.92 Å². The maximum atomic E-state index is 11.8. The fourth-order valence-corrected chi connectivity index (χ4v) is 1.93. The lowest BCUT2D eigenvalue weighted by atomic mass is 10.2. The lowest BCUT2D eigenvalue weighted by molar-refractivity contribution is -0.115. The van der Waals surface area contributed by atoms with E-state index in [9.17, 15) is 4.79 Å². The van der Waals surface area contributed by atoms with Gasteiger partial charge in [0.1, 0.15) is 0 Å². The highest BCUT2D eigenvalue weighted by Gasteiger charge is 2.05. The fourth-order valence-electron chi connectivity index (χ4n) is 1.75. The SMILES string of the molecule is COCCN(C)CCNCC(=O)Nc1cc(Cl)ccc1C. The first kappa shape index (κ1) is 17.9. The number of nitrogens with zero attached hydrogens (tertiary/aromatic N) is 1. The van der Waals surface area contributed by atoms with Crippen molar-refractivity contribution in [3.63, 3.8) is 0 Å². The van der Waals surface area contributed by atoms with Crippen LogP contribution in [0.25, 0.3) is 0 Å². The average Bonchev–Trinajstić information content (AvgIpc) is 2.45. The molecule has 0 heterocycles. The van der Waals surface area contributed by atoms with Gasteiger partial charge < -0.3 is 20.3 Å². The molecule has 5 nitrogen and oxygen atoms in total. The van der Waals surface area contributed by atoms with E-state index in [1.807, 2.05) is 20.0 Å². The Labute approximate surface area is 131 Å². The van der Waals surface area contributed by atoms with Crippen molar-refractivity contribution in [2.24, 2.45) is 0 Å². The number of methoxy groups -OCH3 is 1. The maximum Gasteiger partial charge on any atom is 0.238 e. The number of anilines is 1. The number of hydrogen-bond donors (Lipinski definition) is 2. The van der Waals surface area contributed by atoms with E-state index in [1.54, 1.807) is 19.2 Å². The molecule has 0 radical (unpaired) electrons. The number of nitrogens with one attached hydrogen (secondary N) is 2. The number of carbonyl (C=O) groups is 1. The topological polar surface area (TPSA) is 53.6 Å². The number of aryl methyl sites for hydroxylation is 1. The molecule has 0 aliphatic rings. The molecule has 1 aromatic rings. The number of amides is 1. The van der Waals surface area contributed by atoms with Gasteiger partial charge in [-0.15, -0.1) is 0 Å². The Balaban J connectivity index is 2.24. The van der Waals surface area contributed by atoms with Crippen molar-refractivity contribution < 1.29 is 9.53 Å². The van der Waals surface area contributed by atoms with Crippen LogP contribution in [0, 0.1) is 6.92 Å². The van der Waals surface area contributed by atoms with Gasteiger partial charge in [0.2, 0.25) is 5.91 Å². The predicted molar refractivity (Wildman–Crippen MR) is 87.1 cm³/mol. The molecule has 1 amide bonds. The Morgan fingerprint density at radius 2 is 2.14 bits per heavy atom. The second-order valence-corrected chi connectivity index (χ2v) is 5.42. The van der Waals surface area contributed by atoms with Gasteiger partial charge in [0, 0.05) is 37.5 Å². The molecule has 0 fully saturated rings. The van der Waals surface area contributed by atoms with Crippen LogP contribution in [-0.2, 0) is 9.53 Å². The highest BCUT2D eigenvalue weighted by molar-refractivity contribution is 6.31. The number of ether oxygens (including phenoxy) is 1. The normalized spacial score (nSPS) is 10.9. The molecule has 2 N–H and O–H groups in total. The number of halogens is 1. The maximum absolute atomic E-state index is 11.8. The van der Waals surface area contributed by atoms with Crippen molar-refractivity contribution in [1.82, 2.24) is 10.2 Å². The molecule has 21 heavy (non-hydrogen) atoms. The summed E-state index contributed by atoms with van der Waals surface area (Å²) in [6, 6.07) is 5.45. The molecule has 1 rings (SSSR count). The van der Waals surface area contributed by atoms with Crippen LogP contribution in [0.5, 0.6) is 0 Å². The summed E-state index contributed by atoms with van der Waals surface area (Å²) in [6.07, 6.45) is 0. The van der Waals surface area contributed by atoms with E-state index in [1.165, 1.54) is 0 Å². The van der Waals surface area contributed by atoms with Crippen LogP contribution in [0.4, 0.5) is 5.69 Å². The number of hydrogen-bond acceptors (Lipinski definition) is 4. The molecule has 0 saturated carbocycles. The quantitative estimate of drug-likeness (QED) is 0.682. The lowest BCUT2D eigenvalue weighted by Crippen LogP contribution is -2.35. The molecule has 0 bridgehead atoms. The van der Waals surface area contributed by atoms with Crippen LogP contribution in [-0.4, -0.2) is 57.8 Å². The van der Waals surface area contributed by atoms with E-state index < -0.39 is 0 Å². The number of carbonyl (C=O) groups excluding carboxylic acids is 1. The second kappa shape index (κ2) is 9.73. The molecular weight excluding hydrogens is 290 g/mol. The van der Waals surface area contributed by atoms with Gasteiger partial charge in [0.25, 0.3) is 0 Å². The van der Waals surface area contributed by atoms with Crippen LogP contribution in [0.2, 0.25) is 5.02 Å². The van der Waals surface area contributed by atoms with Gasteiger partial charge in [0.15, 0.2) is 0 Å². The Kier molecular flexibility index (Phi) is 8.30. The summed E-state index contributed by atoms with van der Waals surface area (Å²) in [4.78, 5) is 14.0. The number of benzene rings is 1. The molecule has 0 aliphatic heterocycles. The molecule has 0 saturated heterocycles. The van der Waals surface area contributed by atoms with E-state index in [4.69, 9.17) is 16.3 Å². The van der Waals surface area contributed by atoms with Gasteiger partial charge in [-0.25, -0.2) is 0 Å². The highest BCUT2D eigenvalue weighted by Crippen LogP contribution is 2.19. The highest BCUT2D eigenvalue weighted by atomic mass is 35.5. The minimum atomic E-state index is -0.0695. The summed E-state index contributed by atoms with van der Waals surface area (Å²) in [5, 5.41) is 6.59. The van der Waals surface area contributed by atoms with Crippen LogP contribution < -0.4 is 10.6 Å². The lowest BCUT2D eigenvalue weighted by Gasteiger charge is -2.16. The van der Waals surface area contributed by atoms with E-state index in [0.29, 0.717) is 11.6 Å². The van der Waals surface area contributed by atoms with Crippen molar-refractivity contribution in [3.05, 3.63) is 28.8 Å². The van der Waals surface area contributed by atoms with Gasteiger partial charge in [-0.3, -0.25) is 4.79 Å². The van der Waals surface area contributed by atoms with Crippen LogP contribution in [0.1, 0.15) is 5.56 Å². The zero-order valence-electron chi connectivity index (χ0n) is 12.9. The average molecular weight is 314 g/mol. The van der Waals surface area contributed by atoms with Crippen molar-refractivity contribution >= 4 is 23.2 Å². The molecule has 6 heteroatoms. The first-order valence-electron chi connectivity index (χ1n) is 6.97. The number of rotatable bonds is 9. The van der Waals surface area contributed by atoms with Crippen molar-refractivity contribution in [1.29, 1.82) is 0 Å². The van der Waals surface area contributed by atoms with Crippen LogP contribution in [0.3, 0.4) is 0 Å². The second-order valence-electron chi connectivity index (χ2n) is 4.98. The zero-order valence-corrected chi connectivity index (χ0v) is 13.7. The monoisotopic (exact) mass is 313 g/mol. The Morgan fingerprint density at radius 3 is 2.86 bits per heavy atom. The summed E-state index contributed by atoms with van der Waals surface area (Å²) in [7, 11) is 3.71. The fraction of sp³-hybridized carbons (Fsp3) is 0.533. The molecule has 0 unspecified atom stereocenters. The molecule has 0 atom stereocenters. The Hall–Kier alpha value is -1.14. The minimum absolute atomic E-state index is 0.0695. The van der Waals surface area contributed by atoms with Gasteiger partial charge in [-0.1, -0.05) is 17.7 Å². The smallest absolute Gasteiger partial charge is 0.238 e. The van der Waals surface area contributed by atoms with Crippen LogP contribution in [0.15, 0.2) is 18.2 Å². The first-order chi connectivity index (χ1) is 10.0. The first-order valence-corrected chi connectivity index (χ1v) is 7.35. The summed E-state index contributed by atoms with van der Waals surface area (Å²) in [5.41, 5.74) is 1.75. The Bertz CT molecular complexity index is 455. The third-order valence-electron chi connectivity index (χ3n) is 3.11.